The summed E-state index contributed by atoms with van der Waals surface area (Å²) in [7, 11) is 0. The highest BCUT2D eigenvalue weighted by Crippen LogP contribution is 2.29. The van der Waals surface area contributed by atoms with Crippen LogP contribution in [0.1, 0.15) is 30.8 Å². The largest absolute Gasteiger partial charge is 0.348 e. The molecule has 8 heteroatoms. The number of amides is 1. The Hall–Kier alpha value is -3.19. The first-order valence-electron chi connectivity index (χ1n) is 8.81. The Morgan fingerprint density at radius 3 is 2.68 bits per heavy atom. The molecule has 3 rings (SSSR count). The molecule has 1 heterocycles. The molecule has 0 bridgehead atoms. The highest BCUT2D eigenvalue weighted by molar-refractivity contribution is 6.33. The fourth-order valence-corrected chi connectivity index (χ4v) is 2.91. The predicted molar refractivity (Wildman–Crippen MR) is 108 cm³/mol. The van der Waals surface area contributed by atoms with Crippen molar-refractivity contribution in [1.29, 1.82) is 0 Å². The summed E-state index contributed by atoms with van der Waals surface area (Å²) in [5.41, 5.74) is 1.79. The van der Waals surface area contributed by atoms with Crippen LogP contribution in [0.25, 0.3) is 16.9 Å². The van der Waals surface area contributed by atoms with Crippen LogP contribution in [0.15, 0.2) is 54.6 Å². The van der Waals surface area contributed by atoms with Gasteiger partial charge in [0.2, 0.25) is 0 Å². The van der Waals surface area contributed by atoms with Crippen LogP contribution in [-0.4, -0.2) is 26.7 Å². The third-order valence-corrected chi connectivity index (χ3v) is 4.70. The van der Waals surface area contributed by atoms with Gasteiger partial charge in [-0.25, -0.2) is 4.68 Å². The number of nitrogens with one attached hydrogen (secondary N) is 1. The average molecular weight is 399 g/mol. The second kappa shape index (κ2) is 8.22. The second-order valence-corrected chi connectivity index (χ2v) is 6.77. The number of nitro benzene ring substituents is 1. The predicted octanol–water partition coefficient (Wildman–Crippen LogP) is 4.63. The normalized spacial score (nSPS) is 11.8. The lowest BCUT2D eigenvalue weighted by Gasteiger charge is -2.12. The highest BCUT2D eigenvalue weighted by Gasteiger charge is 2.20. The highest BCUT2D eigenvalue weighted by atomic mass is 35.5. The SMILES string of the molecule is CC[C@@H](C)NC(=O)c1cc(-c2ccccc2Cl)nn1-c1cccc([N+](=O)[O-])c1. The standard InChI is InChI=1S/C20H19ClN4O3/c1-3-13(2)22-20(26)19-12-18(16-9-4-5-10-17(16)21)23-24(19)14-7-6-8-15(11-14)25(27)28/h4-13H,3H2,1-2H3,(H,22,26)/t13-/m1/s1. The monoisotopic (exact) mass is 398 g/mol. The number of halogens is 1. The van der Waals surface area contributed by atoms with Crippen LogP contribution in [0.3, 0.4) is 0 Å². The maximum Gasteiger partial charge on any atom is 0.271 e. The molecule has 0 aliphatic rings. The first-order valence-corrected chi connectivity index (χ1v) is 9.19. The minimum absolute atomic E-state index is 0.0234. The third-order valence-electron chi connectivity index (χ3n) is 4.37. The smallest absolute Gasteiger partial charge is 0.271 e. The first kappa shape index (κ1) is 19.6. The molecule has 1 amide bonds. The summed E-state index contributed by atoms with van der Waals surface area (Å²) in [4.78, 5) is 23.5. The van der Waals surface area contributed by atoms with Crippen LogP contribution < -0.4 is 5.32 Å². The van der Waals surface area contributed by atoms with Gasteiger partial charge in [-0.05, 0) is 31.5 Å². The number of hydrogen-bond acceptors (Lipinski definition) is 4. The van der Waals surface area contributed by atoms with E-state index < -0.39 is 4.92 Å². The molecule has 7 nitrogen and oxygen atoms in total. The second-order valence-electron chi connectivity index (χ2n) is 6.37. The summed E-state index contributed by atoms with van der Waals surface area (Å²) in [6, 6.07) is 14.8. The summed E-state index contributed by atoms with van der Waals surface area (Å²) in [5.74, 6) is -0.313. The van der Waals surface area contributed by atoms with Crippen molar-refractivity contribution in [2.24, 2.45) is 0 Å². The fraction of sp³-hybridized carbons (Fsp3) is 0.200. The summed E-state index contributed by atoms with van der Waals surface area (Å²) in [5, 5.41) is 19.1. The lowest BCUT2D eigenvalue weighted by molar-refractivity contribution is -0.384. The van der Waals surface area contributed by atoms with Crippen LogP contribution in [0.2, 0.25) is 5.02 Å². The van der Waals surface area contributed by atoms with Crippen molar-refractivity contribution < 1.29 is 9.72 Å². The quantitative estimate of drug-likeness (QED) is 0.484. The molecule has 0 saturated heterocycles. The molecule has 0 aliphatic heterocycles. The molecule has 0 aliphatic carbocycles. The number of rotatable bonds is 6. The average Bonchev–Trinajstić information content (AvgIpc) is 3.13. The van der Waals surface area contributed by atoms with Crippen LogP contribution in [0, 0.1) is 10.1 Å². The van der Waals surface area contributed by atoms with Gasteiger partial charge in [0.25, 0.3) is 11.6 Å². The molecule has 1 atom stereocenters. The van der Waals surface area contributed by atoms with Crippen LogP contribution in [0.5, 0.6) is 0 Å². The van der Waals surface area contributed by atoms with Crippen molar-refractivity contribution in [2.45, 2.75) is 26.3 Å². The van der Waals surface area contributed by atoms with Gasteiger partial charge in [0.1, 0.15) is 5.69 Å². The van der Waals surface area contributed by atoms with Gasteiger partial charge in [-0.2, -0.15) is 5.10 Å². The summed E-state index contributed by atoms with van der Waals surface area (Å²) < 4.78 is 1.41. The van der Waals surface area contributed by atoms with Gasteiger partial charge in [0.15, 0.2) is 0 Å². The Balaban J connectivity index is 2.14. The van der Waals surface area contributed by atoms with Gasteiger partial charge in [0, 0.05) is 23.7 Å². The van der Waals surface area contributed by atoms with Crippen LogP contribution in [-0.2, 0) is 0 Å². The Morgan fingerprint density at radius 2 is 2.00 bits per heavy atom. The van der Waals surface area contributed by atoms with E-state index in [1.54, 1.807) is 36.4 Å². The Labute approximate surface area is 167 Å². The molecule has 0 radical (unpaired) electrons. The molecule has 0 spiro atoms. The molecule has 144 valence electrons. The topological polar surface area (TPSA) is 90.1 Å². The molecule has 1 aromatic heterocycles. The van der Waals surface area contributed by atoms with E-state index >= 15 is 0 Å². The first-order chi connectivity index (χ1) is 13.4. The molecule has 0 saturated carbocycles. The molecule has 2 aromatic carbocycles. The van der Waals surface area contributed by atoms with Crippen molar-refractivity contribution in [3.63, 3.8) is 0 Å². The zero-order chi connectivity index (χ0) is 20.3. The van der Waals surface area contributed by atoms with Crippen molar-refractivity contribution >= 4 is 23.2 Å². The number of nitrogens with zero attached hydrogens (tertiary/aromatic N) is 3. The minimum Gasteiger partial charge on any atom is -0.348 e. The lowest BCUT2D eigenvalue weighted by Crippen LogP contribution is -2.33. The van der Waals surface area contributed by atoms with Crippen molar-refractivity contribution in [1.82, 2.24) is 15.1 Å². The molecular weight excluding hydrogens is 380 g/mol. The van der Waals surface area contributed by atoms with Gasteiger partial charge in [-0.15, -0.1) is 0 Å². The van der Waals surface area contributed by atoms with Gasteiger partial charge < -0.3 is 5.32 Å². The van der Waals surface area contributed by atoms with Crippen LogP contribution in [0.4, 0.5) is 5.69 Å². The van der Waals surface area contributed by atoms with Crippen molar-refractivity contribution in [2.75, 3.05) is 0 Å². The van der Waals surface area contributed by atoms with Crippen LogP contribution >= 0.6 is 11.6 Å². The number of carbonyl (C=O) groups excluding carboxylic acids is 1. The van der Waals surface area contributed by atoms with Gasteiger partial charge in [-0.1, -0.05) is 42.8 Å². The maximum absolute atomic E-state index is 12.8. The number of non-ortho nitro benzene ring substituents is 1. The van der Waals surface area contributed by atoms with E-state index in [1.807, 2.05) is 19.9 Å². The molecule has 3 aromatic rings. The number of benzene rings is 2. The fourth-order valence-electron chi connectivity index (χ4n) is 2.68. The Kier molecular flexibility index (Phi) is 5.75. The molecule has 0 fully saturated rings. The van der Waals surface area contributed by atoms with E-state index in [9.17, 15) is 14.9 Å². The van der Waals surface area contributed by atoms with Gasteiger partial charge in [-0.3, -0.25) is 14.9 Å². The van der Waals surface area contributed by atoms with E-state index in [0.717, 1.165) is 6.42 Å². The van der Waals surface area contributed by atoms with E-state index in [0.29, 0.717) is 22.0 Å². The van der Waals surface area contributed by atoms with Crippen molar-refractivity contribution in [3.8, 4) is 16.9 Å². The molecule has 28 heavy (non-hydrogen) atoms. The zero-order valence-electron chi connectivity index (χ0n) is 15.4. The molecule has 0 unspecified atom stereocenters. The van der Waals surface area contributed by atoms with E-state index in [4.69, 9.17) is 11.6 Å². The zero-order valence-corrected chi connectivity index (χ0v) is 16.2. The maximum atomic E-state index is 12.8. The van der Waals surface area contributed by atoms with E-state index in [2.05, 4.69) is 10.4 Å². The number of nitro groups is 1. The minimum atomic E-state index is -0.485. The Bertz CT molecular complexity index is 1030. The summed E-state index contributed by atoms with van der Waals surface area (Å²) >= 11 is 6.28. The third kappa shape index (κ3) is 4.04. The lowest BCUT2D eigenvalue weighted by atomic mass is 10.1. The number of carbonyl (C=O) groups is 1. The molecule has 1 N–H and O–H groups in total. The summed E-state index contributed by atoms with van der Waals surface area (Å²) in [6.45, 7) is 3.87. The van der Waals surface area contributed by atoms with Gasteiger partial charge >= 0.3 is 0 Å². The number of hydrogen-bond donors (Lipinski definition) is 1. The van der Waals surface area contributed by atoms with E-state index in [1.165, 1.54) is 16.8 Å². The number of aromatic nitrogens is 2. The van der Waals surface area contributed by atoms with E-state index in [-0.39, 0.29) is 23.3 Å². The summed E-state index contributed by atoms with van der Waals surface area (Å²) in [6.07, 6.45) is 0.772. The Morgan fingerprint density at radius 1 is 1.25 bits per heavy atom. The van der Waals surface area contributed by atoms with Gasteiger partial charge in [0.05, 0.1) is 21.3 Å². The van der Waals surface area contributed by atoms with Crippen molar-refractivity contribution in [3.05, 3.63) is 75.4 Å². The molecular formula is C20H19ClN4O3.